The molecule has 2 rings (SSSR count). The van der Waals surface area contributed by atoms with Crippen molar-refractivity contribution in [2.24, 2.45) is 0 Å². The fourth-order valence-electron chi connectivity index (χ4n) is 1.80. The van der Waals surface area contributed by atoms with Crippen molar-refractivity contribution < 1.29 is 9.47 Å². The Bertz CT molecular complexity index is 673. The molecule has 6 nitrogen and oxygen atoms in total. The van der Waals surface area contributed by atoms with Crippen molar-refractivity contribution in [3.63, 3.8) is 0 Å². The molecule has 0 aliphatic carbocycles. The zero-order valence-electron chi connectivity index (χ0n) is 11.8. The number of nitrogens with one attached hydrogen (secondary N) is 2. The highest BCUT2D eigenvalue weighted by molar-refractivity contribution is 9.10. The molecule has 1 aromatic carbocycles. The average Bonchev–Trinajstić information content (AvgIpc) is 2.49. The molecule has 0 aliphatic rings. The Morgan fingerprint density at radius 3 is 2.90 bits per heavy atom. The van der Waals surface area contributed by atoms with Gasteiger partial charge < -0.3 is 14.8 Å². The van der Waals surface area contributed by atoms with Crippen LogP contribution in [-0.4, -0.2) is 23.9 Å². The molecule has 7 heteroatoms. The number of anilines is 1. The molecule has 21 heavy (non-hydrogen) atoms. The highest BCUT2D eigenvalue weighted by Gasteiger charge is 2.07. The van der Waals surface area contributed by atoms with E-state index in [1.807, 2.05) is 25.1 Å². The molecule has 0 fully saturated rings. The molecule has 112 valence electrons. The lowest BCUT2D eigenvalue weighted by Crippen LogP contribution is -2.12. The van der Waals surface area contributed by atoms with Gasteiger partial charge in [0.1, 0.15) is 4.47 Å². The number of ether oxygens (including phenoxy) is 2. The van der Waals surface area contributed by atoms with Crippen LogP contribution in [0.1, 0.15) is 12.5 Å². The lowest BCUT2D eigenvalue weighted by molar-refractivity contribution is 0.310. The molecule has 0 saturated carbocycles. The minimum atomic E-state index is -0.273. The van der Waals surface area contributed by atoms with Crippen LogP contribution in [0.3, 0.4) is 0 Å². The third-order valence-corrected chi connectivity index (χ3v) is 3.59. The van der Waals surface area contributed by atoms with Gasteiger partial charge in [-0.1, -0.05) is 6.07 Å². The minimum absolute atomic E-state index is 0.273. The highest BCUT2D eigenvalue weighted by Crippen LogP contribution is 2.28. The Hall–Kier alpha value is -2.02. The van der Waals surface area contributed by atoms with E-state index >= 15 is 0 Å². The first-order valence-corrected chi connectivity index (χ1v) is 7.21. The highest BCUT2D eigenvalue weighted by atomic mass is 79.9. The van der Waals surface area contributed by atoms with Crippen LogP contribution in [0.25, 0.3) is 0 Å². The number of rotatable bonds is 6. The van der Waals surface area contributed by atoms with Gasteiger partial charge in [-0.05, 0) is 40.5 Å². The van der Waals surface area contributed by atoms with E-state index in [9.17, 15) is 4.79 Å². The van der Waals surface area contributed by atoms with Crippen LogP contribution in [-0.2, 0) is 6.54 Å². The summed E-state index contributed by atoms with van der Waals surface area (Å²) >= 11 is 3.22. The fourth-order valence-corrected chi connectivity index (χ4v) is 2.13. The molecule has 2 aromatic rings. The van der Waals surface area contributed by atoms with E-state index in [4.69, 9.17) is 9.47 Å². The van der Waals surface area contributed by atoms with E-state index in [1.54, 1.807) is 13.3 Å². The summed E-state index contributed by atoms with van der Waals surface area (Å²) in [6.45, 7) is 3.02. The number of hydrogen-bond donors (Lipinski definition) is 2. The molecule has 0 saturated heterocycles. The molecule has 1 heterocycles. The second-order valence-electron chi connectivity index (χ2n) is 4.20. The van der Waals surface area contributed by atoms with Crippen LogP contribution in [0.2, 0.25) is 0 Å². The molecule has 0 atom stereocenters. The lowest BCUT2D eigenvalue weighted by atomic mass is 10.2. The molecule has 0 unspecified atom stereocenters. The van der Waals surface area contributed by atoms with Crippen molar-refractivity contribution in [2.45, 2.75) is 13.5 Å². The Balaban J connectivity index is 2.14. The first-order chi connectivity index (χ1) is 10.2. The third-order valence-electron chi connectivity index (χ3n) is 2.81. The topological polar surface area (TPSA) is 76.2 Å². The van der Waals surface area contributed by atoms with E-state index in [-0.39, 0.29) is 5.56 Å². The lowest BCUT2D eigenvalue weighted by Gasteiger charge is -2.12. The molecular formula is C14H16BrN3O3. The average molecular weight is 354 g/mol. The molecule has 0 bridgehead atoms. The Morgan fingerprint density at radius 1 is 1.38 bits per heavy atom. The summed E-state index contributed by atoms with van der Waals surface area (Å²) in [6.07, 6.45) is 1.55. The number of nitrogens with zero attached hydrogens (tertiary/aromatic N) is 1. The number of aromatic nitrogens is 2. The predicted molar refractivity (Wildman–Crippen MR) is 84.0 cm³/mol. The monoisotopic (exact) mass is 353 g/mol. The van der Waals surface area contributed by atoms with E-state index in [2.05, 4.69) is 31.4 Å². The summed E-state index contributed by atoms with van der Waals surface area (Å²) < 4.78 is 11.2. The number of H-pyrrole nitrogens is 1. The first-order valence-electron chi connectivity index (χ1n) is 6.42. The van der Waals surface area contributed by atoms with E-state index < -0.39 is 0 Å². The van der Waals surface area contributed by atoms with Crippen molar-refractivity contribution in [1.82, 2.24) is 10.2 Å². The second kappa shape index (κ2) is 7.12. The third kappa shape index (κ3) is 3.75. The molecule has 1 aromatic heterocycles. The van der Waals surface area contributed by atoms with Crippen LogP contribution < -0.4 is 20.3 Å². The van der Waals surface area contributed by atoms with Gasteiger partial charge in [0.2, 0.25) is 0 Å². The molecule has 2 N–H and O–H groups in total. The van der Waals surface area contributed by atoms with Gasteiger partial charge in [0.05, 0.1) is 25.6 Å². The molecule has 0 spiro atoms. The van der Waals surface area contributed by atoms with Crippen molar-refractivity contribution in [3.05, 3.63) is 44.8 Å². The largest absolute Gasteiger partial charge is 0.493 e. The number of halogens is 1. The van der Waals surface area contributed by atoms with Gasteiger partial charge in [-0.3, -0.25) is 4.79 Å². The number of benzene rings is 1. The first kappa shape index (κ1) is 15.4. The number of hydrogen-bond acceptors (Lipinski definition) is 5. The van der Waals surface area contributed by atoms with Crippen molar-refractivity contribution >= 4 is 21.6 Å². The van der Waals surface area contributed by atoms with Gasteiger partial charge in [0.15, 0.2) is 11.5 Å². The second-order valence-corrected chi connectivity index (χ2v) is 4.99. The maximum absolute atomic E-state index is 11.4. The quantitative estimate of drug-likeness (QED) is 0.834. The Kier molecular flexibility index (Phi) is 5.21. The van der Waals surface area contributed by atoms with Crippen molar-refractivity contribution in [1.29, 1.82) is 0 Å². The number of methoxy groups -OCH3 is 1. The maximum Gasteiger partial charge on any atom is 0.280 e. The van der Waals surface area contributed by atoms with Gasteiger partial charge in [-0.25, -0.2) is 5.10 Å². The molecule has 0 radical (unpaired) electrons. The Labute approximate surface area is 130 Å². The summed E-state index contributed by atoms with van der Waals surface area (Å²) in [5, 5.41) is 9.26. The van der Waals surface area contributed by atoms with Crippen LogP contribution in [0, 0.1) is 0 Å². The van der Waals surface area contributed by atoms with Gasteiger partial charge >= 0.3 is 0 Å². The van der Waals surface area contributed by atoms with Crippen molar-refractivity contribution in [2.75, 3.05) is 19.0 Å². The zero-order chi connectivity index (χ0) is 15.2. The SMILES string of the molecule is CCOc1cc(CNc2cn[nH]c(=O)c2Br)ccc1OC. The predicted octanol–water partition coefficient (Wildman–Crippen LogP) is 2.55. The summed E-state index contributed by atoms with van der Waals surface area (Å²) in [6, 6.07) is 5.69. The van der Waals surface area contributed by atoms with Crippen LogP contribution in [0.5, 0.6) is 11.5 Å². The summed E-state index contributed by atoms with van der Waals surface area (Å²) in [4.78, 5) is 11.4. The van der Waals surface area contributed by atoms with Crippen molar-refractivity contribution in [3.8, 4) is 11.5 Å². The van der Waals surface area contributed by atoms with Crippen LogP contribution in [0.15, 0.2) is 33.7 Å². The summed E-state index contributed by atoms with van der Waals surface area (Å²) in [5.41, 5.74) is 1.36. The van der Waals surface area contributed by atoms with E-state index in [1.165, 1.54) is 0 Å². The summed E-state index contributed by atoms with van der Waals surface area (Å²) in [5.74, 6) is 1.39. The van der Waals surface area contributed by atoms with Gasteiger partial charge in [0.25, 0.3) is 5.56 Å². The Morgan fingerprint density at radius 2 is 2.19 bits per heavy atom. The van der Waals surface area contributed by atoms with Gasteiger partial charge in [-0.15, -0.1) is 0 Å². The van der Waals surface area contributed by atoms with Gasteiger partial charge in [-0.2, -0.15) is 5.10 Å². The molecule has 0 aliphatic heterocycles. The fraction of sp³-hybridized carbons (Fsp3) is 0.286. The smallest absolute Gasteiger partial charge is 0.280 e. The number of aromatic amines is 1. The molecule has 0 amide bonds. The zero-order valence-corrected chi connectivity index (χ0v) is 13.4. The standard InChI is InChI=1S/C14H16BrN3O3/c1-3-21-12-6-9(4-5-11(12)20-2)7-16-10-8-17-18-14(19)13(10)15/h4-6,8H,3,7H2,1-2H3,(H2,16,18,19). The molecular weight excluding hydrogens is 338 g/mol. The normalized spacial score (nSPS) is 10.2. The van der Waals surface area contributed by atoms with Crippen LogP contribution >= 0.6 is 15.9 Å². The maximum atomic E-state index is 11.4. The van der Waals surface area contributed by atoms with Crippen LogP contribution in [0.4, 0.5) is 5.69 Å². The van der Waals surface area contributed by atoms with E-state index in [0.29, 0.717) is 34.8 Å². The van der Waals surface area contributed by atoms with E-state index in [0.717, 1.165) is 5.56 Å². The minimum Gasteiger partial charge on any atom is -0.493 e. The summed E-state index contributed by atoms with van der Waals surface area (Å²) in [7, 11) is 1.61. The van der Waals surface area contributed by atoms with Gasteiger partial charge in [0, 0.05) is 6.54 Å².